The molecule has 11 heteroatoms. The van der Waals surface area contributed by atoms with E-state index >= 15 is 0 Å². The minimum Gasteiger partial charge on any atom is -0.335 e. The standard InChI is InChI=1S/C40H50F6N4O/c1-28-18-29(2)20-32(19-28)27-49-13-11-36(12-14-49)48(4)17-16-47(3)26-31-10-15-50(37(22-31)21-30-8-6-5-7-9-30)38(51)33-23-34(39(41,42)43)25-35(24-33)40(44,45)46/h5-9,18-20,23-25,31,36-37H,10-17,21-22,26-27H2,1-4H3. The van der Waals surface area contributed by atoms with Gasteiger partial charge in [0.05, 0.1) is 11.1 Å². The molecule has 2 atom stereocenters. The molecule has 2 aliphatic rings. The van der Waals surface area contributed by atoms with Crippen LogP contribution in [0.4, 0.5) is 26.3 Å². The summed E-state index contributed by atoms with van der Waals surface area (Å²) in [5, 5.41) is 0. The number of halogens is 6. The first-order valence-corrected chi connectivity index (χ1v) is 17.9. The third-order valence-electron chi connectivity index (χ3n) is 10.5. The second-order valence-corrected chi connectivity index (χ2v) is 14.8. The lowest BCUT2D eigenvalue weighted by molar-refractivity contribution is -0.143. The Labute approximate surface area is 298 Å². The van der Waals surface area contributed by atoms with Crippen LogP contribution in [0.3, 0.4) is 0 Å². The fraction of sp³-hybridized carbons (Fsp3) is 0.525. The van der Waals surface area contributed by atoms with Gasteiger partial charge in [-0.15, -0.1) is 0 Å². The lowest BCUT2D eigenvalue weighted by atomic mass is 9.86. The number of piperidine rings is 2. The molecule has 3 aromatic carbocycles. The predicted molar refractivity (Wildman–Crippen MR) is 188 cm³/mol. The van der Waals surface area contributed by atoms with Crippen molar-refractivity contribution in [3.8, 4) is 0 Å². The van der Waals surface area contributed by atoms with E-state index in [2.05, 4.69) is 60.8 Å². The Kier molecular flexibility index (Phi) is 12.6. The number of hydrogen-bond acceptors (Lipinski definition) is 4. The van der Waals surface area contributed by atoms with Crippen molar-refractivity contribution in [3.63, 3.8) is 0 Å². The molecule has 1 amide bonds. The van der Waals surface area contributed by atoms with E-state index in [-0.39, 0.29) is 24.6 Å². The van der Waals surface area contributed by atoms with Gasteiger partial charge in [-0.2, -0.15) is 26.3 Å². The van der Waals surface area contributed by atoms with Gasteiger partial charge in [-0.1, -0.05) is 59.7 Å². The molecule has 0 aliphatic carbocycles. The van der Waals surface area contributed by atoms with Gasteiger partial charge in [-0.25, -0.2) is 0 Å². The Morgan fingerprint density at radius 1 is 0.765 bits per heavy atom. The molecule has 3 aromatic rings. The van der Waals surface area contributed by atoms with Gasteiger partial charge in [-0.05, 0) is 108 Å². The molecule has 0 spiro atoms. The molecular weight excluding hydrogens is 666 g/mol. The van der Waals surface area contributed by atoms with Crippen molar-refractivity contribution in [3.05, 3.63) is 106 Å². The number of alkyl halides is 6. The minimum atomic E-state index is -5.02. The van der Waals surface area contributed by atoms with Crippen molar-refractivity contribution in [2.45, 2.75) is 76.9 Å². The van der Waals surface area contributed by atoms with Crippen LogP contribution in [0.5, 0.6) is 0 Å². The molecule has 5 rings (SSSR count). The molecular formula is C40H50F6N4O. The van der Waals surface area contributed by atoms with Crippen molar-refractivity contribution in [1.82, 2.24) is 19.6 Å². The quantitative estimate of drug-likeness (QED) is 0.187. The zero-order valence-corrected chi connectivity index (χ0v) is 30.0. The average molecular weight is 717 g/mol. The Morgan fingerprint density at radius 3 is 1.96 bits per heavy atom. The van der Waals surface area contributed by atoms with Gasteiger partial charge in [-0.3, -0.25) is 9.69 Å². The summed E-state index contributed by atoms with van der Waals surface area (Å²) in [6, 6.07) is 17.5. The maximum atomic E-state index is 13.7. The van der Waals surface area contributed by atoms with Gasteiger partial charge in [0.15, 0.2) is 0 Å². The molecule has 2 saturated heterocycles. The molecule has 0 N–H and O–H groups in total. The zero-order valence-electron chi connectivity index (χ0n) is 30.0. The number of likely N-dealkylation sites (N-methyl/N-ethyl adjacent to an activating group) is 2. The largest absolute Gasteiger partial charge is 0.416 e. The smallest absolute Gasteiger partial charge is 0.335 e. The van der Waals surface area contributed by atoms with Crippen LogP contribution in [0, 0.1) is 19.8 Å². The molecule has 2 heterocycles. The van der Waals surface area contributed by atoms with Crippen LogP contribution in [-0.4, -0.2) is 91.0 Å². The number of amides is 1. The van der Waals surface area contributed by atoms with Crippen molar-refractivity contribution < 1.29 is 31.1 Å². The van der Waals surface area contributed by atoms with Gasteiger partial charge in [0.2, 0.25) is 0 Å². The minimum absolute atomic E-state index is 0.0636. The molecule has 51 heavy (non-hydrogen) atoms. The van der Waals surface area contributed by atoms with Crippen LogP contribution in [0.2, 0.25) is 0 Å². The van der Waals surface area contributed by atoms with Crippen molar-refractivity contribution in [2.75, 3.05) is 53.4 Å². The summed E-state index contributed by atoms with van der Waals surface area (Å²) in [6.45, 7) is 10.2. The second-order valence-electron chi connectivity index (χ2n) is 14.8. The summed E-state index contributed by atoms with van der Waals surface area (Å²) in [6.07, 6.45) is -6.13. The molecule has 0 saturated carbocycles. The van der Waals surface area contributed by atoms with Gasteiger partial charge < -0.3 is 14.7 Å². The second kappa shape index (κ2) is 16.5. The average Bonchev–Trinajstić information content (AvgIpc) is 3.06. The van der Waals surface area contributed by atoms with Crippen LogP contribution in [-0.2, 0) is 25.3 Å². The first kappa shape index (κ1) is 38.8. The normalized spacial score (nSPS) is 19.6. The molecule has 0 radical (unpaired) electrons. The molecule has 2 aliphatic heterocycles. The van der Waals surface area contributed by atoms with E-state index < -0.39 is 35.0 Å². The zero-order chi connectivity index (χ0) is 36.9. The van der Waals surface area contributed by atoms with Crippen LogP contribution in [0.15, 0.2) is 66.7 Å². The highest BCUT2D eigenvalue weighted by atomic mass is 19.4. The molecule has 5 nitrogen and oxygen atoms in total. The van der Waals surface area contributed by atoms with E-state index in [0.29, 0.717) is 37.4 Å². The fourth-order valence-electron chi connectivity index (χ4n) is 7.87. The van der Waals surface area contributed by atoms with E-state index in [4.69, 9.17) is 0 Å². The highest BCUT2D eigenvalue weighted by Crippen LogP contribution is 2.37. The number of likely N-dealkylation sites (tertiary alicyclic amines) is 2. The first-order chi connectivity index (χ1) is 24.0. The van der Waals surface area contributed by atoms with Crippen molar-refractivity contribution in [2.24, 2.45) is 5.92 Å². The van der Waals surface area contributed by atoms with E-state index in [1.807, 2.05) is 30.3 Å². The Balaban J connectivity index is 1.18. The van der Waals surface area contributed by atoms with E-state index in [1.54, 1.807) is 0 Å². The molecule has 2 unspecified atom stereocenters. The van der Waals surface area contributed by atoms with E-state index in [1.165, 1.54) is 21.6 Å². The highest BCUT2D eigenvalue weighted by molar-refractivity contribution is 5.95. The van der Waals surface area contributed by atoms with Crippen molar-refractivity contribution in [1.29, 1.82) is 0 Å². The summed E-state index contributed by atoms with van der Waals surface area (Å²) in [7, 11) is 4.28. The molecule has 2 fully saturated rings. The number of carbonyl (C=O) groups is 1. The fourth-order valence-corrected chi connectivity index (χ4v) is 7.87. The Bertz CT molecular complexity index is 1550. The Hall–Kier alpha value is -3.41. The maximum Gasteiger partial charge on any atom is 0.416 e. The summed E-state index contributed by atoms with van der Waals surface area (Å²) in [4.78, 5) is 22.5. The number of hydrogen-bond donors (Lipinski definition) is 0. The third-order valence-corrected chi connectivity index (χ3v) is 10.5. The lowest BCUT2D eigenvalue weighted by Gasteiger charge is -2.41. The summed E-state index contributed by atoms with van der Waals surface area (Å²) in [5.41, 5.74) is 1.36. The van der Waals surface area contributed by atoms with Crippen LogP contribution in [0.1, 0.15) is 69.4 Å². The summed E-state index contributed by atoms with van der Waals surface area (Å²) < 4.78 is 81.6. The monoisotopic (exact) mass is 716 g/mol. The topological polar surface area (TPSA) is 30.0 Å². The van der Waals surface area contributed by atoms with Crippen LogP contribution < -0.4 is 0 Å². The lowest BCUT2D eigenvalue weighted by Crippen LogP contribution is -2.49. The first-order valence-electron chi connectivity index (χ1n) is 17.9. The number of rotatable bonds is 11. The number of benzene rings is 3. The molecule has 0 aromatic heterocycles. The number of aryl methyl sites for hydroxylation is 2. The van der Waals surface area contributed by atoms with Gasteiger partial charge in [0, 0.05) is 50.4 Å². The van der Waals surface area contributed by atoms with Crippen LogP contribution >= 0.6 is 0 Å². The number of nitrogens with zero attached hydrogens (tertiary/aromatic N) is 4. The van der Waals surface area contributed by atoms with Gasteiger partial charge in [0.1, 0.15) is 0 Å². The Morgan fingerprint density at radius 2 is 1.37 bits per heavy atom. The van der Waals surface area contributed by atoms with E-state index in [9.17, 15) is 31.1 Å². The van der Waals surface area contributed by atoms with Crippen LogP contribution in [0.25, 0.3) is 0 Å². The third kappa shape index (κ3) is 10.8. The van der Waals surface area contributed by atoms with Crippen molar-refractivity contribution >= 4 is 5.91 Å². The van der Waals surface area contributed by atoms with Gasteiger partial charge in [0.25, 0.3) is 5.91 Å². The summed E-state index contributed by atoms with van der Waals surface area (Å²) in [5.74, 6) is -0.584. The summed E-state index contributed by atoms with van der Waals surface area (Å²) >= 11 is 0. The molecule has 0 bridgehead atoms. The predicted octanol–water partition coefficient (Wildman–Crippen LogP) is 8.33. The number of carbonyl (C=O) groups excluding carboxylic acids is 1. The van der Waals surface area contributed by atoms with Gasteiger partial charge >= 0.3 is 12.4 Å². The molecule has 278 valence electrons. The van der Waals surface area contributed by atoms with E-state index in [0.717, 1.165) is 57.7 Å². The SMILES string of the molecule is Cc1cc(C)cc(CN2CCC(N(C)CCN(C)CC3CCN(C(=O)c4cc(C(F)(F)F)cc(C(F)(F)F)c4)C(Cc4ccccc4)C3)CC2)c1. The highest BCUT2D eigenvalue weighted by Gasteiger charge is 2.39. The maximum absolute atomic E-state index is 13.7.